The number of hydrogen-bond acceptors (Lipinski definition) is 4. The Morgan fingerprint density at radius 3 is 1.82 bits per heavy atom. The molecule has 8 heteroatoms. The number of unbranched alkanes of at least 4 members (excludes halogenated alkanes) is 2. The van der Waals surface area contributed by atoms with E-state index in [0.717, 1.165) is 55.2 Å². The topological polar surface area (TPSA) is 52.6 Å². The van der Waals surface area contributed by atoms with Crippen LogP contribution >= 0.6 is 0 Å². The van der Waals surface area contributed by atoms with Crippen molar-refractivity contribution in [1.29, 1.82) is 0 Å². The number of likely N-dealkylation sites (N-methyl/N-ethyl adjacent to an activating group) is 2. The molecule has 1 aliphatic rings. The fourth-order valence-corrected chi connectivity index (χ4v) is 4.87. The largest absolute Gasteiger partial charge is 1.00 e. The molecule has 1 aromatic rings. The van der Waals surface area contributed by atoms with Gasteiger partial charge in [-0.25, -0.2) is 9.59 Å². The summed E-state index contributed by atoms with van der Waals surface area (Å²) in [5, 5.41) is 0. The molecule has 0 aromatic heterocycles. The smallest absolute Gasteiger partial charge is 0.367 e. The zero-order valence-corrected chi connectivity index (χ0v) is 27.0. The standard InChI is InChI=1S/C31H50N2O4.2ClH/c1-11-12-13-14-24-18-27(36-29(34)20-32(5,6)7)31(26-17-23(4)15-16-25(26)22(2)3)28(19-24)37-30(35)21-33(8,9)10;;/h17-19,25-26H,2,11-16,20-21H2,1,3-10H3;2*1H/q+2;;/p-2/t25-,26+;;/m0../s1. The summed E-state index contributed by atoms with van der Waals surface area (Å²) >= 11 is 0. The summed E-state index contributed by atoms with van der Waals surface area (Å²) < 4.78 is 13.1. The Labute approximate surface area is 249 Å². The highest BCUT2D eigenvalue weighted by molar-refractivity contribution is 5.77. The van der Waals surface area contributed by atoms with Gasteiger partial charge >= 0.3 is 11.9 Å². The maximum absolute atomic E-state index is 13.1. The molecule has 0 fully saturated rings. The first-order valence-electron chi connectivity index (χ1n) is 13.6. The number of esters is 2. The molecule has 2 rings (SSSR count). The van der Waals surface area contributed by atoms with E-state index in [1.54, 1.807) is 0 Å². The molecular weight excluding hydrogens is 535 g/mol. The van der Waals surface area contributed by atoms with Gasteiger partial charge in [-0.1, -0.05) is 43.6 Å². The number of benzene rings is 1. The van der Waals surface area contributed by atoms with Crippen molar-refractivity contribution in [3.63, 3.8) is 0 Å². The van der Waals surface area contributed by atoms with Crippen LogP contribution in [0, 0.1) is 5.92 Å². The van der Waals surface area contributed by atoms with Crippen molar-refractivity contribution in [3.05, 3.63) is 47.1 Å². The van der Waals surface area contributed by atoms with Crippen molar-refractivity contribution in [1.82, 2.24) is 0 Å². The van der Waals surface area contributed by atoms with Crippen molar-refractivity contribution < 1.29 is 52.8 Å². The van der Waals surface area contributed by atoms with Gasteiger partial charge < -0.3 is 43.3 Å². The number of halogens is 2. The highest BCUT2D eigenvalue weighted by Gasteiger charge is 2.33. The molecule has 0 bridgehead atoms. The van der Waals surface area contributed by atoms with Crippen LogP contribution in [0.3, 0.4) is 0 Å². The Hall–Kier alpha value is -1.86. The lowest BCUT2D eigenvalue weighted by atomic mass is 9.73. The molecule has 0 amide bonds. The molecule has 0 unspecified atom stereocenters. The molecule has 0 saturated carbocycles. The maximum Gasteiger partial charge on any atom is 0.367 e. The lowest BCUT2D eigenvalue weighted by molar-refractivity contribution is -0.862. The molecular formula is C31H50Cl2N2O4. The molecule has 39 heavy (non-hydrogen) atoms. The number of nitrogens with zero attached hydrogens (tertiary/aromatic N) is 2. The number of quaternary nitrogens is 2. The average molecular weight is 586 g/mol. The molecule has 0 aliphatic heterocycles. The summed E-state index contributed by atoms with van der Waals surface area (Å²) in [5.41, 5.74) is 4.15. The van der Waals surface area contributed by atoms with E-state index in [-0.39, 0.29) is 61.7 Å². The molecule has 0 N–H and O–H groups in total. The second kappa shape index (κ2) is 15.8. The Morgan fingerprint density at radius 1 is 0.923 bits per heavy atom. The molecule has 0 heterocycles. The van der Waals surface area contributed by atoms with Gasteiger partial charge in [-0.2, -0.15) is 0 Å². The lowest BCUT2D eigenvalue weighted by Gasteiger charge is -2.33. The van der Waals surface area contributed by atoms with Crippen LogP contribution in [0.15, 0.2) is 35.9 Å². The molecule has 0 saturated heterocycles. The van der Waals surface area contributed by atoms with E-state index in [0.29, 0.717) is 20.5 Å². The molecule has 222 valence electrons. The van der Waals surface area contributed by atoms with Crippen LogP contribution in [0.4, 0.5) is 0 Å². The summed E-state index contributed by atoms with van der Waals surface area (Å²) in [6.45, 7) is 11.1. The fourth-order valence-electron chi connectivity index (χ4n) is 4.87. The van der Waals surface area contributed by atoms with E-state index >= 15 is 0 Å². The fraction of sp³-hybridized carbons (Fsp3) is 0.613. The monoisotopic (exact) mass is 584 g/mol. The Balaban J connectivity index is 0.00000722. The number of rotatable bonds is 12. The van der Waals surface area contributed by atoms with Gasteiger partial charge in [0, 0.05) is 11.5 Å². The highest BCUT2D eigenvalue weighted by atomic mass is 35.5. The van der Waals surface area contributed by atoms with E-state index in [1.165, 1.54) is 5.57 Å². The van der Waals surface area contributed by atoms with Crippen LogP contribution in [-0.4, -0.2) is 76.3 Å². The molecule has 1 aromatic carbocycles. The van der Waals surface area contributed by atoms with E-state index in [2.05, 4.69) is 33.4 Å². The third-order valence-electron chi connectivity index (χ3n) is 6.60. The predicted octanol–water partition coefficient (Wildman–Crippen LogP) is -0.333. The van der Waals surface area contributed by atoms with E-state index in [4.69, 9.17) is 9.47 Å². The van der Waals surface area contributed by atoms with E-state index < -0.39 is 0 Å². The second-order valence-electron chi connectivity index (χ2n) is 12.8. The quantitative estimate of drug-likeness (QED) is 0.111. The van der Waals surface area contributed by atoms with E-state index in [1.807, 2.05) is 54.4 Å². The van der Waals surface area contributed by atoms with Crippen LogP contribution < -0.4 is 34.3 Å². The van der Waals surface area contributed by atoms with Crippen molar-refractivity contribution in [2.75, 3.05) is 55.4 Å². The first-order valence-corrected chi connectivity index (χ1v) is 13.6. The Kier molecular flexibility index (Phi) is 15.0. The van der Waals surface area contributed by atoms with Gasteiger partial charge in [0.15, 0.2) is 13.1 Å². The SMILES string of the molecule is C=C(C)[C@@H]1CCC(C)=C[C@H]1c1c(OC(=O)C[N+](C)(C)C)cc(CCCCC)cc1OC(=O)C[N+](C)(C)C.[Cl-].[Cl-]. The molecule has 6 nitrogen and oxygen atoms in total. The Bertz CT molecular complexity index is 971. The van der Waals surface area contributed by atoms with Gasteiger partial charge in [-0.15, -0.1) is 0 Å². The zero-order chi connectivity index (χ0) is 28.0. The van der Waals surface area contributed by atoms with Gasteiger partial charge in [0.1, 0.15) is 11.5 Å². The number of hydrogen-bond donors (Lipinski definition) is 0. The molecule has 0 radical (unpaired) electrons. The minimum absolute atomic E-state index is 0. The first kappa shape index (κ1) is 37.1. The van der Waals surface area contributed by atoms with Gasteiger partial charge in [0.2, 0.25) is 0 Å². The first-order chi connectivity index (χ1) is 17.1. The van der Waals surface area contributed by atoms with Gasteiger partial charge in [-0.3, -0.25) is 0 Å². The number of carbonyl (C=O) groups is 2. The number of ether oxygens (including phenoxy) is 2. The van der Waals surface area contributed by atoms with Crippen LogP contribution in [0.5, 0.6) is 11.5 Å². The minimum atomic E-state index is -0.300. The van der Waals surface area contributed by atoms with Crippen LogP contribution in [-0.2, 0) is 16.0 Å². The summed E-state index contributed by atoms with van der Waals surface area (Å²) in [6, 6.07) is 3.98. The third kappa shape index (κ3) is 12.5. The number of carbonyl (C=O) groups excluding carboxylic acids is 2. The van der Waals surface area contributed by atoms with Gasteiger partial charge in [0.25, 0.3) is 0 Å². The number of allylic oxidation sites excluding steroid dienone is 3. The summed E-state index contributed by atoms with van der Waals surface area (Å²) in [7, 11) is 11.8. The Morgan fingerprint density at radius 2 is 1.41 bits per heavy atom. The molecule has 0 spiro atoms. The van der Waals surface area contributed by atoms with Crippen LogP contribution in [0.1, 0.15) is 69.9 Å². The van der Waals surface area contributed by atoms with Crippen LogP contribution in [0.25, 0.3) is 0 Å². The van der Waals surface area contributed by atoms with Crippen molar-refractivity contribution in [2.45, 2.75) is 65.2 Å². The van der Waals surface area contributed by atoms with E-state index in [9.17, 15) is 9.59 Å². The summed E-state index contributed by atoms with van der Waals surface area (Å²) in [4.78, 5) is 26.1. The normalized spacial score (nSPS) is 17.3. The average Bonchev–Trinajstić information content (AvgIpc) is 2.70. The summed E-state index contributed by atoms with van der Waals surface area (Å²) in [6.07, 6.45) is 8.26. The van der Waals surface area contributed by atoms with Crippen molar-refractivity contribution in [2.24, 2.45) is 5.92 Å². The maximum atomic E-state index is 13.1. The second-order valence-corrected chi connectivity index (χ2v) is 12.8. The van der Waals surface area contributed by atoms with Gasteiger partial charge in [-0.05, 0) is 63.1 Å². The summed E-state index contributed by atoms with van der Waals surface area (Å²) in [5.74, 6) is 0.486. The van der Waals surface area contributed by atoms with Crippen molar-refractivity contribution >= 4 is 11.9 Å². The lowest BCUT2D eigenvalue weighted by Crippen LogP contribution is -3.00. The van der Waals surface area contributed by atoms with Crippen molar-refractivity contribution in [3.8, 4) is 11.5 Å². The molecule has 1 aliphatic carbocycles. The highest BCUT2D eigenvalue weighted by Crippen LogP contribution is 2.47. The third-order valence-corrected chi connectivity index (χ3v) is 6.60. The zero-order valence-electron chi connectivity index (χ0n) is 25.5. The number of aryl methyl sites for hydroxylation is 1. The molecule has 2 atom stereocenters. The van der Waals surface area contributed by atoms with Gasteiger partial charge in [0.05, 0.1) is 42.3 Å². The predicted molar refractivity (Wildman–Crippen MR) is 151 cm³/mol. The minimum Gasteiger partial charge on any atom is -1.00 e. The van der Waals surface area contributed by atoms with Crippen LogP contribution in [0.2, 0.25) is 0 Å².